The van der Waals surface area contributed by atoms with Crippen molar-refractivity contribution in [1.29, 1.82) is 0 Å². The lowest BCUT2D eigenvalue weighted by Gasteiger charge is -2.21. The number of phosphoric acid groups is 2. The molecule has 0 saturated carbocycles. The second kappa shape index (κ2) is 83.7. The van der Waals surface area contributed by atoms with Crippen molar-refractivity contribution >= 4 is 39.5 Å². The molecule has 0 aromatic heterocycles. The molecule has 0 amide bonds. The van der Waals surface area contributed by atoms with Crippen LogP contribution in [0, 0.1) is 17.8 Å². The van der Waals surface area contributed by atoms with E-state index in [1.807, 2.05) is 0 Å². The van der Waals surface area contributed by atoms with E-state index in [-0.39, 0.29) is 25.7 Å². The molecule has 0 aliphatic rings. The van der Waals surface area contributed by atoms with Gasteiger partial charge in [-0.3, -0.25) is 37.3 Å². The van der Waals surface area contributed by atoms with Gasteiger partial charge < -0.3 is 33.8 Å². The Kier molecular flexibility index (Phi) is 82.3. The van der Waals surface area contributed by atoms with Crippen LogP contribution < -0.4 is 0 Å². The predicted molar refractivity (Wildman–Crippen MR) is 469 cm³/mol. The van der Waals surface area contributed by atoms with Crippen molar-refractivity contribution < 1.29 is 80.2 Å². The average molecular weight is 1650 g/mol. The highest BCUT2D eigenvalue weighted by Gasteiger charge is 2.31. The van der Waals surface area contributed by atoms with Gasteiger partial charge in [0.25, 0.3) is 0 Å². The summed E-state index contributed by atoms with van der Waals surface area (Å²) in [5.74, 6) is 0.459. The number of esters is 4. The summed E-state index contributed by atoms with van der Waals surface area (Å²) in [5.41, 5.74) is 0. The lowest BCUT2D eigenvalue weighted by molar-refractivity contribution is -0.161. The van der Waals surface area contributed by atoms with E-state index in [2.05, 4.69) is 48.5 Å². The fraction of sp³-hybridized carbons (Fsp3) is 0.957. The zero-order chi connectivity index (χ0) is 82.9. The first-order valence-electron chi connectivity index (χ1n) is 48.4. The molecule has 0 saturated heterocycles. The number of carbonyl (C=O) groups is 4. The number of hydrogen-bond donors (Lipinski definition) is 3. The fourth-order valence-electron chi connectivity index (χ4n) is 14.7. The van der Waals surface area contributed by atoms with Crippen LogP contribution in [0.3, 0.4) is 0 Å². The minimum absolute atomic E-state index is 0.108. The molecule has 4 unspecified atom stereocenters. The maximum atomic E-state index is 13.2. The Morgan fingerprint density at radius 3 is 0.673 bits per heavy atom. The van der Waals surface area contributed by atoms with Crippen LogP contribution in [-0.4, -0.2) is 96.7 Å². The first-order valence-corrected chi connectivity index (χ1v) is 51.4. The Hall–Kier alpha value is -1.94. The van der Waals surface area contributed by atoms with E-state index < -0.39 is 97.5 Å². The van der Waals surface area contributed by atoms with E-state index in [1.165, 1.54) is 315 Å². The Bertz CT molecular complexity index is 2170. The molecule has 0 aromatic carbocycles. The second-order valence-electron chi connectivity index (χ2n) is 34.7. The molecular weight excluding hydrogens is 1460 g/mol. The summed E-state index contributed by atoms with van der Waals surface area (Å²) in [6.07, 6.45) is 77.8. The summed E-state index contributed by atoms with van der Waals surface area (Å²) in [6.45, 7) is 12.2. The molecule has 672 valence electrons. The molecule has 0 aliphatic carbocycles. The van der Waals surface area contributed by atoms with Crippen molar-refractivity contribution in [3.05, 3.63) is 0 Å². The summed E-state index contributed by atoms with van der Waals surface area (Å²) in [6, 6.07) is 0. The van der Waals surface area contributed by atoms with Gasteiger partial charge in [-0.15, -0.1) is 0 Å². The molecule has 0 bridgehead atoms. The maximum Gasteiger partial charge on any atom is 0.472 e. The van der Waals surface area contributed by atoms with Crippen molar-refractivity contribution in [1.82, 2.24) is 0 Å². The summed E-state index contributed by atoms with van der Waals surface area (Å²) in [4.78, 5) is 73.5. The zero-order valence-electron chi connectivity index (χ0n) is 74.9. The third kappa shape index (κ3) is 84.9. The SMILES string of the molecule is CCCCCCCCCCCCC(=O)OC[C@H](COP(=O)(O)OC[C@H](O)COP(=O)(O)OC[C@@H](COC(=O)CCCCCCCCCCCCCCCCCCCCC(C)CC)OC(=O)CCCCCCCCCCCCCCCCCCCCC(C)CC)OC(=O)CCCCCCCCCCCCCCCCCCC(C)C. The van der Waals surface area contributed by atoms with Gasteiger partial charge in [0.05, 0.1) is 26.4 Å². The molecular formula is C94H184O17P2. The second-order valence-corrected chi connectivity index (χ2v) is 37.6. The molecule has 3 N–H and O–H groups in total. The van der Waals surface area contributed by atoms with Gasteiger partial charge in [-0.25, -0.2) is 9.13 Å². The lowest BCUT2D eigenvalue weighted by atomic mass is 9.99. The Morgan fingerprint density at radius 2 is 0.451 bits per heavy atom. The summed E-state index contributed by atoms with van der Waals surface area (Å²) in [7, 11) is -9.94. The van der Waals surface area contributed by atoms with E-state index in [9.17, 15) is 43.2 Å². The number of phosphoric ester groups is 2. The molecule has 0 radical (unpaired) electrons. The molecule has 17 nitrogen and oxygen atoms in total. The molecule has 0 fully saturated rings. The number of ether oxygens (including phenoxy) is 4. The summed E-state index contributed by atoms with van der Waals surface area (Å²) < 4.78 is 69.1. The quantitative estimate of drug-likeness (QED) is 0.0222. The van der Waals surface area contributed by atoms with Crippen LogP contribution in [0.15, 0.2) is 0 Å². The number of aliphatic hydroxyl groups is 1. The van der Waals surface area contributed by atoms with Crippen molar-refractivity contribution in [2.24, 2.45) is 17.8 Å². The molecule has 0 aromatic rings. The van der Waals surface area contributed by atoms with Gasteiger partial charge in [0.2, 0.25) is 0 Å². The van der Waals surface area contributed by atoms with Crippen molar-refractivity contribution in [2.75, 3.05) is 39.6 Å². The van der Waals surface area contributed by atoms with E-state index in [4.69, 9.17) is 37.0 Å². The average Bonchev–Trinajstić information content (AvgIpc) is 0.900. The van der Waals surface area contributed by atoms with Crippen LogP contribution in [0.4, 0.5) is 0 Å². The molecule has 0 heterocycles. The number of aliphatic hydroxyl groups excluding tert-OH is 1. The number of unbranched alkanes of at least 4 members (excludes halogenated alkanes) is 58. The van der Waals surface area contributed by atoms with E-state index in [0.29, 0.717) is 25.7 Å². The molecule has 0 spiro atoms. The number of carbonyl (C=O) groups excluding carboxylic acids is 4. The Balaban J connectivity index is 5.21. The minimum atomic E-state index is -4.97. The standard InChI is InChI=1S/C94H184O17P2/c1-8-11-12-13-14-15-47-54-61-68-75-91(96)104-81-89(110-93(98)78-71-64-57-50-43-37-31-25-24-26-32-38-44-51-58-65-72-85(4)5)83-108-112(100,101)106-79-88(95)80-107-113(102,103)109-84-90(111-94(99)77-70-63-56-49-42-36-30-23-19-17-21-28-34-40-46-53-60-67-74-87(7)10-3)82-105-92(97)76-69-62-55-48-41-35-29-22-18-16-20-27-33-39-45-52-59-66-73-86(6)9-2/h85-90,95H,8-84H2,1-7H3,(H,100,101)(H,102,103)/t86?,87?,88-,89+,90+/m0/s1. The lowest BCUT2D eigenvalue weighted by Crippen LogP contribution is -2.30. The van der Waals surface area contributed by atoms with Crippen LogP contribution in [0.5, 0.6) is 0 Å². The third-order valence-corrected chi connectivity index (χ3v) is 24.8. The van der Waals surface area contributed by atoms with Crippen LogP contribution in [0.2, 0.25) is 0 Å². The van der Waals surface area contributed by atoms with Crippen LogP contribution in [0.1, 0.15) is 504 Å². The van der Waals surface area contributed by atoms with Gasteiger partial charge in [0, 0.05) is 25.7 Å². The minimum Gasteiger partial charge on any atom is -0.462 e. The highest BCUT2D eigenvalue weighted by molar-refractivity contribution is 7.47. The highest BCUT2D eigenvalue weighted by Crippen LogP contribution is 2.45. The van der Waals surface area contributed by atoms with Gasteiger partial charge in [-0.2, -0.15) is 0 Å². The first-order chi connectivity index (χ1) is 54.8. The van der Waals surface area contributed by atoms with Gasteiger partial charge >= 0.3 is 39.5 Å². The van der Waals surface area contributed by atoms with E-state index >= 15 is 0 Å². The molecule has 0 aliphatic heterocycles. The number of rotatable bonds is 92. The van der Waals surface area contributed by atoms with E-state index in [0.717, 1.165) is 108 Å². The molecule has 7 atom stereocenters. The Morgan fingerprint density at radius 1 is 0.257 bits per heavy atom. The largest absolute Gasteiger partial charge is 0.472 e. The summed E-state index contributed by atoms with van der Waals surface area (Å²) >= 11 is 0. The van der Waals surface area contributed by atoms with Crippen LogP contribution >= 0.6 is 15.6 Å². The van der Waals surface area contributed by atoms with E-state index in [1.54, 1.807) is 0 Å². The molecule has 0 rings (SSSR count). The van der Waals surface area contributed by atoms with Crippen LogP contribution in [-0.2, 0) is 65.4 Å². The highest BCUT2D eigenvalue weighted by atomic mass is 31.2. The predicted octanol–water partition coefficient (Wildman–Crippen LogP) is 29.2. The topological polar surface area (TPSA) is 237 Å². The molecule has 113 heavy (non-hydrogen) atoms. The Labute approximate surface area is 696 Å². The van der Waals surface area contributed by atoms with Gasteiger partial charge in [0.15, 0.2) is 12.2 Å². The monoisotopic (exact) mass is 1650 g/mol. The first kappa shape index (κ1) is 111. The van der Waals surface area contributed by atoms with Crippen molar-refractivity contribution in [3.63, 3.8) is 0 Å². The third-order valence-electron chi connectivity index (χ3n) is 22.9. The number of hydrogen-bond acceptors (Lipinski definition) is 15. The fourth-order valence-corrected chi connectivity index (χ4v) is 16.3. The van der Waals surface area contributed by atoms with Crippen molar-refractivity contribution in [3.8, 4) is 0 Å². The normalized spacial score (nSPS) is 14.2. The van der Waals surface area contributed by atoms with Crippen molar-refractivity contribution in [2.45, 2.75) is 523 Å². The maximum absolute atomic E-state index is 13.2. The zero-order valence-corrected chi connectivity index (χ0v) is 76.7. The summed E-state index contributed by atoms with van der Waals surface area (Å²) in [5, 5.41) is 10.7. The van der Waals surface area contributed by atoms with Gasteiger partial charge in [-0.05, 0) is 43.4 Å². The van der Waals surface area contributed by atoms with Crippen LogP contribution in [0.25, 0.3) is 0 Å². The van der Waals surface area contributed by atoms with Gasteiger partial charge in [0.1, 0.15) is 19.3 Å². The molecule has 19 heteroatoms. The smallest absolute Gasteiger partial charge is 0.462 e. The van der Waals surface area contributed by atoms with Gasteiger partial charge in [-0.1, -0.05) is 453 Å².